The molecule has 6 saturated heterocycles. The van der Waals surface area contributed by atoms with E-state index in [1.54, 1.807) is 22.2 Å². The summed E-state index contributed by atoms with van der Waals surface area (Å²) in [4.78, 5) is 77.5. The maximum absolute atomic E-state index is 13.5. The highest BCUT2D eigenvalue weighted by Crippen LogP contribution is 2.43. The van der Waals surface area contributed by atoms with Crippen molar-refractivity contribution in [1.29, 1.82) is 0 Å². The number of likely N-dealkylation sites (tertiary alicyclic amines) is 4. The summed E-state index contributed by atoms with van der Waals surface area (Å²) >= 11 is 0. The van der Waals surface area contributed by atoms with Crippen molar-refractivity contribution in [2.24, 2.45) is 0 Å². The van der Waals surface area contributed by atoms with E-state index in [0.29, 0.717) is 109 Å². The molecular weight excluding hydrogens is 1060 g/mol. The van der Waals surface area contributed by atoms with Crippen LogP contribution >= 0.6 is 0 Å². The van der Waals surface area contributed by atoms with Crippen LogP contribution in [0.5, 0.6) is 0 Å². The molecule has 2 aromatic rings. The summed E-state index contributed by atoms with van der Waals surface area (Å²) in [5, 5.41) is 3.17. The standard InChI is InChI=1S/C23H29F6N5O4.C19H23F6N5O3.C4H6O2/c24-22(25,26)19(23(27,28)29)38-20(36)31-7-4-21(5-8-31)3-1-6-34(21)18(35)16-12-33-10-9-32(13-17(33)30-16)15-2-11-37-14-15;20-18(21,22)15(19(23,24)25)33-16(32)28-7-3-17(4-8-28)2-1-6-30(17)14(31)12-11-29-9-5-26-10-13(29)27-12;5-4-1-2-6-3-4/h12,15,19H,1-11,13-14H2;11,15,26H,1-10H2;1-3H2. The smallest absolute Gasteiger partial charge is 0.426 e. The lowest BCUT2D eigenvalue weighted by Gasteiger charge is -2.44. The summed E-state index contributed by atoms with van der Waals surface area (Å²) < 4.78 is 175. The minimum Gasteiger partial charge on any atom is -0.426 e. The first-order chi connectivity index (χ1) is 36.2. The van der Waals surface area contributed by atoms with Gasteiger partial charge in [-0.3, -0.25) is 19.3 Å². The fourth-order valence-corrected chi connectivity index (χ4v) is 11.3. The van der Waals surface area contributed by atoms with Crippen molar-refractivity contribution in [3.63, 3.8) is 0 Å². The highest BCUT2D eigenvalue weighted by atomic mass is 19.4. The molecule has 2 aromatic heterocycles. The summed E-state index contributed by atoms with van der Waals surface area (Å²) in [6.07, 6.45) is -26.2. The van der Waals surface area contributed by atoms with Gasteiger partial charge in [-0.1, -0.05) is 0 Å². The Balaban J connectivity index is 0.000000185. The highest BCUT2D eigenvalue weighted by Gasteiger charge is 2.62. The largest absolute Gasteiger partial charge is 0.434 e. The molecule has 8 aliphatic rings. The molecule has 0 bridgehead atoms. The molecule has 0 saturated carbocycles. The minimum absolute atomic E-state index is 0.116. The quantitative estimate of drug-likeness (QED) is 0.352. The fourth-order valence-electron chi connectivity index (χ4n) is 11.3. The van der Waals surface area contributed by atoms with E-state index >= 15 is 0 Å². The van der Waals surface area contributed by atoms with Crippen molar-refractivity contribution >= 4 is 29.8 Å². The maximum Gasteiger partial charge on any atom is 0.434 e. The van der Waals surface area contributed by atoms with Crippen LogP contribution in [-0.4, -0.2) is 206 Å². The van der Waals surface area contributed by atoms with Gasteiger partial charge in [-0.2, -0.15) is 52.7 Å². The van der Waals surface area contributed by atoms with Crippen molar-refractivity contribution in [3.05, 3.63) is 35.4 Å². The number of piperidine rings is 2. The first kappa shape index (κ1) is 57.7. The number of fused-ring (bicyclic) bond motifs is 2. The predicted octanol–water partition coefficient (Wildman–Crippen LogP) is 5.85. The number of carbonyl (C=O) groups is 5. The predicted molar refractivity (Wildman–Crippen MR) is 239 cm³/mol. The van der Waals surface area contributed by atoms with E-state index in [-0.39, 0.29) is 69.5 Å². The Morgan fingerprint density at radius 3 is 1.49 bits per heavy atom. The Hall–Kier alpha value is -5.43. The number of carbonyl (C=O) groups excluding carboxylic acids is 5. The van der Waals surface area contributed by atoms with Crippen molar-refractivity contribution in [1.82, 2.24) is 48.9 Å². The van der Waals surface area contributed by atoms with E-state index in [9.17, 15) is 76.7 Å². The Bertz CT molecular complexity index is 2380. The van der Waals surface area contributed by atoms with Crippen LogP contribution in [-0.2, 0) is 49.9 Å². The van der Waals surface area contributed by atoms with Crippen LogP contribution in [0.4, 0.5) is 62.3 Å². The number of halogens is 12. The van der Waals surface area contributed by atoms with Crippen LogP contribution in [0.2, 0.25) is 0 Å². The summed E-state index contributed by atoms with van der Waals surface area (Å²) in [6, 6.07) is 0.334. The van der Waals surface area contributed by atoms with Gasteiger partial charge in [0.2, 0.25) is 0 Å². The van der Waals surface area contributed by atoms with Gasteiger partial charge in [-0.05, 0) is 57.8 Å². The van der Waals surface area contributed by atoms with Crippen LogP contribution in [0.3, 0.4) is 0 Å². The maximum atomic E-state index is 13.5. The van der Waals surface area contributed by atoms with Gasteiger partial charge < -0.3 is 53.0 Å². The molecule has 0 aromatic carbocycles. The third kappa shape index (κ3) is 13.2. The number of nitrogens with zero attached hydrogens (tertiary/aromatic N) is 9. The van der Waals surface area contributed by atoms with Crippen molar-refractivity contribution < 1.29 is 95.6 Å². The monoisotopic (exact) mass is 1120 g/mol. The number of rotatable bonds is 5. The van der Waals surface area contributed by atoms with Gasteiger partial charge in [0.1, 0.15) is 29.6 Å². The van der Waals surface area contributed by atoms with E-state index in [1.807, 2.05) is 9.13 Å². The Morgan fingerprint density at radius 1 is 0.610 bits per heavy atom. The third-order valence-corrected chi connectivity index (χ3v) is 15.4. The van der Waals surface area contributed by atoms with Crippen molar-refractivity contribution in [3.8, 4) is 0 Å². The molecular formula is C46H58F12N10O9. The number of ketones is 1. The van der Waals surface area contributed by atoms with E-state index in [1.165, 1.54) is 0 Å². The van der Waals surface area contributed by atoms with Crippen LogP contribution in [0, 0.1) is 0 Å². The number of Topliss-reactive ketones (excluding diaryl/α,β-unsaturated/α-hetero) is 1. The second-order valence-electron chi connectivity index (χ2n) is 20.2. The summed E-state index contributed by atoms with van der Waals surface area (Å²) in [5.74, 6) is 1.25. The zero-order valence-electron chi connectivity index (χ0n) is 41.5. The summed E-state index contributed by atoms with van der Waals surface area (Å²) in [6.45, 7) is 6.99. The molecule has 1 unspecified atom stereocenters. The Morgan fingerprint density at radius 2 is 1.09 bits per heavy atom. The number of hydrogen-bond donors (Lipinski definition) is 1. The van der Waals surface area contributed by atoms with E-state index in [2.05, 4.69) is 29.7 Å². The molecule has 1 atom stereocenters. The Labute approximate surface area is 432 Å². The van der Waals surface area contributed by atoms with Gasteiger partial charge in [-0.25, -0.2) is 19.6 Å². The molecule has 430 valence electrons. The fraction of sp³-hybridized carbons (Fsp3) is 0.761. The third-order valence-electron chi connectivity index (χ3n) is 15.4. The van der Waals surface area contributed by atoms with Gasteiger partial charge in [0.15, 0.2) is 5.78 Å². The first-order valence-electron chi connectivity index (χ1n) is 25.2. The Kier molecular flexibility index (Phi) is 17.0. The molecule has 19 nitrogen and oxygen atoms in total. The summed E-state index contributed by atoms with van der Waals surface area (Å²) in [7, 11) is 0. The number of nitrogens with one attached hydrogen (secondary N) is 1. The average Bonchev–Trinajstić information content (AvgIpc) is 4.27. The van der Waals surface area contributed by atoms with Crippen LogP contribution in [0.1, 0.15) is 96.8 Å². The number of alkyl halides is 12. The van der Waals surface area contributed by atoms with Crippen molar-refractivity contribution in [2.75, 3.05) is 78.8 Å². The van der Waals surface area contributed by atoms with Gasteiger partial charge in [0, 0.05) is 108 Å². The molecule has 10 rings (SSSR count). The zero-order chi connectivity index (χ0) is 55.7. The number of hydrogen-bond acceptors (Lipinski definition) is 13. The lowest BCUT2D eigenvalue weighted by atomic mass is 9.85. The van der Waals surface area contributed by atoms with Gasteiger partial charge in [0.25, 0.3) is 24.0 Å². The molecule has 10 heterocycles. The molecule has 77 heavy (non-hydrogen) atoms. The van der Waals surface area contributed by atoms with Gasteiger partial charge in [0.05, 0.1) is 26.3 Å². The van der Waals surface area contributed by atoms with Crippen LogP contribution in [0.15, 0.2) is 12.4 Å². The number of amides is 4. The second-order valence-corrected chi connectivity index (χ2v) is 20.2. The molecule has 1 N–H and O–H groups in total. The minimum atomic E-state index is -5.77. The van der Waals surface area contributed by atoms with E-state index < -0.39 is 60.2 Å². The van der Waals surface area contributed by atoms with Crippen LogP contribution in [0.25, 0.3) is 0 Å². The molecule has 4 amide bonds. The normalized spacial score (nSPS) is 22.7. The van der Waals surface area contributed by atoms with E-state index in [0.717, 1.165) is 47.6 Å². The highest BCUT2D eigenvalue weighted by molar-refractivity contribution is 5.93. The summed E-state index contributed by atoms with van der Waals surface area (Å²) in [5.41, 5.74) is -0.650. The number of imidazole rings is 2. The lowest BCUT2D eigenvalue weighted by Crippen LogP contribution is -2.56. The topological polar surface area (TPSA) is 186 Å². The molecule has 8 aliphatic heterocycles. The number of aromatic nitrogens is 4. The van der Waals surface area contributed by atoms with Crippen LogP contribution < -0.4 is 5.32 Å². The average molecular weight is 1120 g/mol. The SMILES string of the molecule is O=C(OC(C(F)(F)F)C(F)(F)F)N1CCC2(CCCN2C(=O)c2cn3c(n2)CN(C2CCOC2)CC3)CC1.O=C(OC(C(F)(F)F)C(F)(F)F)N1CCC2(CCCN2C(=O)c2cn3c(n2)CNCC3)CC1.O=C1CCOC1. The second kappa shape index (κ2) is 22.7. The number of ether oxygens (including phenoxy) is 4. The van der Waals surface area contributed by atoms with Crippen molar-refractivity contribution in [2.45, 2.75) is 144 Å². The molecule has 31 heteroatoms. The molecule has 0 radical (unpaired) electrons. The van der Waals surface area contributed by atoms with E-state index in [4.69, 9.17) is 9.47 Å². The molecule has 0 aliphatic carbocycles. The molecule has 6 fully saturated rings. The molecule has 2 spiro atoms. The van der Waals surface area contributed by atoms with Gasteiger partial charge >= 0.3 is 36.9 Å². The zero-order valence-corrected chi connectivity index (χ0v) is 41.5. The lowest BCUT2D eigenvalue weighted by molar-refractivity contribution is -0.309. The first-order valence-corrected chi connectivity index (χ1v) is 25.2. The van der Waals surface area contributed by atoms with Gasteiger partial charge in [-0.15, -0.1) is 0 Å².